The molecule has 0 aliphatic carbocycles. The number of rotatable bonds is 1. The molecule has 0 bridgehead atoms. The van der Waals surface area contributed by atoms with Crippen molar-refractivity contribution in [3.8, 4) is 11.5 Å². The third-order valence-electron chi connectivity index (χ3n) is 2.18. The molecule has 4 nitrogen and oxygen atoms in total. The van der Waals surface area contributed by atoms with E-state index < -0.39 is 11.7 Å². The fraction of sp³-hybridized carbons (Fsp3) is 0. The van der Waals surface area contributed by atoms with Crippen LogP contribution in [0.25, 0.3) is 10.8 Å². The lowest BCUT2D eigenvalue weighted by molar-refractivity contribution is -0.266. The zero-order valence-electron chi connectivity index (χ0n) is 7.60. The Morgan fingerprint density at radius 2 is 1.93 bits per heavy atom. The van der Waals surface area contributed by atoms with Crippen molar-refractivity contribution in [2.75, 3.05) is 0 Å². The molecule has 0 aliphatic heterocycles. The highest BCUT2D eigenvalue weighted by atomic mass is 16.4. The lowest BCUT2D eigenvalue weighted by atomic mass is 10.1. The molecule has 2 aromatic rings. The second-order valence-corrected chi connectivity index (χ2v) is 3.15. The van der Waals surface area contributed by atoms with Crippen LogP contribution in [0.1, 0.15) is 10.4 Å². The normalized spacial score (nSPS) is 10.4. The summed E-state index contributed by atoms with van der Waals surface area (Å²) in [6.45, 7) is 0. The van der Waals surface area contributed by atoms with E-state index >= 15 is 0 Å². The standard InChI is InChI=1S/C11H8O4/c12-7-2-4-8-6(5-7)1-3-9(10(8)13)11(14)15/h1-5,12-13H,(H,14,15)/p-1. The van der Waals surface area contributed by atoms with Gasteiger partial charge in [0.2, 0.25) is 0 Å². The van der Waals surface area contributed by atoms with Crippen LogP contribution in [-0.2, 0) is 0 Å². The maximum absolute atomic E-state index is 11.6. The monoisotopic (exact) mass is 203 g/mol. The molecule has 0 radical (unpaired) electrons. The second kappa shape index (κ2) is 3.16. The molecule has 0 unspecified atom stereocenters. The van der Waals surface area contributed by atoms with Gasteiger partial charge in [0.1, 0.15) is 5.75 Å². The van der Waals surface area contributed by atoms with E-state index in [-0.39, 0.29) is 11.3 Å². The third kappa shape index (κ3) is 1.46. The van der Waals surface area contributed by atoms with E-state index in [9.17, 15) is 15.0 Å². The van der Waals surface area contributed by atoms with Crippen molar-refractivity contribution in [1.82, 2.24) is 0 Å². The number of benzene rings is 2. The van der Waals surface area contributed by atoms with Crippen LogP contribution in [0.3, 0.4) is 0 Å². The van der Waals surface area contributed by atoms with E-state index in [0.29, 0.717) is 10.8 Å². The Bertz CT molecular complexity index is 546. The van der Waals surface area contributed by atoms with Crippen molar-refractivity contribution in [2.24, 2.45) is 0 Å². The highest BCUT2D eigenvalue weighted by Crippen LogP contribution is 2.28. The van der Waals surface area contributed by atoms with Gasteiger partial charge < -0.3 is 15.3 Å². The van der Waals surface area contributed by atoms with Crippen molar-refractivity contribution in [1.29, 1.82) is 0 Å². The second-order valence-electron chi connectivity index (χ2n) is 3.15. The highest BCUT2D eigenvalue weighted by molar-refractivity contribution is 6.00. The summed E-state index contributed by atoms with van der Waals surface area (Å²) in [4.78, 5) is 10.7. The Kier molecular flexibility index (Phi) is 1.97. The predicted octanol–water partition coefficient (Wildman–Crippen LogP) is 1.32. The minimum Gasteiger partial charge on any atom is -0.871 e. The van der Waals surface area contributed by atoms with Crippen molar-refractivity contribution in [3.63, 3.8) is 0 Å². The van der Waals surface area contributed by atoms with Gasteiger partial charge in [0.15, 0.2) is 0 Å². The average molecular weight is 203 g/mol. The number of hydrogen-bond acceptors (Lipinski definition) is 3. The van der Waals surface area contributed by atoms with Crippen molar-refractivity contribution >= 4 is 16.7 Å². The summed E-state index contributed by atoms with van der Waals surface area (Å²) >= 11 is 0. The van der Waals surface area contributed by atoms with Crippen LogP contribution in [0.2, 0.25) is 0 Å². The number of aromatic carboxylic acids is 1. The number of carboxylic acid groups (broad SMARTS) is 1. The SMILES string of the molecule is O=C(O)c1ccc2cc(O)ccc2c1[O-]. The maximum Gasteiger partial charge on any atom is 0.335 e. The maximum atomic E-state index is 11.6. The topological polar surface area (TPSA) is 80.6 Å². The molecule has 15 heavy (non-hydrogen) atoms. The summed E-state index contributed by atoms with van der Waals surface area (Å²) in [5.74, 6) is -1.72. The molecule has 0 fully saturated rings. The van der Waals surface area contributed by atoms with Crippen molar-refractivity contribution in [3.05, 3.63) is 35.9 Å². The first-order chi connectivity index (χ1) is 7.09. The number of fused-ring (bicyclic) bond motifs is 1. The lowest BCUT2D eigenvalue weighted by Gasteiger charge is -2.13. The van der Waals surface area contributed by atoms with Gasteiger partial charge >= 0.3 is 5.97 Å². The number of phenolic OH excluding ortho intramolecular Hbond substituents is 1. The molecule has 2 rings (SSSR count). The first-order valence-electron chi connectivity index (χ1n) is 4.25. The molecule has 76 valence electrons. The molecular formula is C11H7O4-. The first-order valence-corrected chi connectivity index (χ1v) is 4.25. The van der Waals surface area contributed by atoms with E-state index in [0.717, 1.165) is 0 Å². The fourth-order valence-corrected chi connectivity index (χ4v) is 1.46. The van der Waals surface area contributed by atoms with Gasteiger partial charge in [-0.15, -0.1) is 0 Å². The summed E-state index contributed by atoms with van der Waals surface area (Å²) in [6.07, 6.45) is 0. The Hall–Kier alpha value is -2.23. The van der Waals surface area contributed by atoms with Gasteiger partial charge in [-0.2, -0.15) is 0 Å². The van der Waals surface area contributed by atoms with Gasteiger partial charge in [-0.05, 0) is 29.0 Å². The van der Waals surface area contributed by atoms with Crippen LogP contribution in [-0.4, -0.2) is 16.2 Å². The number of carboxylic acids is 1. The van der Waals surface area contributed by atoms with Crippen LogP contribution >= 0.6 is 0 Å². The largest absolute Gasteiger partial charge is 0.871 e. The zero-order valence-corrected chi connectivity index (χ0v) is 7.60. The van der Waals surface area contributed by atoms with Crippen molar-refractivity contribution < 1.29 is 20.1 Å². The molecule has 0 aromatic heterocycles. The van der Waals surface area contributed by atoms with Crippen molar-refractivity contribution in [2.45, 2.75) is 0 Å². The van der Waals surface area contributed by atoms with Gasteiger partial charge in [-0.1, -0.05) is 17.9 Å². The minimum absolute atomic E-state index is 0.0463. The van der Waals surface area contributed by atoms with E-state index in [4.69, 9.17) is 5.11 Å². The van der Waals surface area contributed by atoms with E-state index in [1.54, 1.807) is 0 Å². The number of hydrogen-bond donors (Lipinski definition) is 2. The molecule has 0 spiro atoms. The molecular weight excluding hydrogens is 196 g/mol. The molecule has 0 aliphatic rings. The molecule has 0 heterocycles. The molecule has 0 amide bonds. The van der Waals surface area contributed by atoms with E-state index in [2.05, 4.69) is 0 Å². The molecule has 2 aromatic carbocycles. The third-order valence-corrected chi connectivity index (χ3v) is 2.18. The highest BCUT2D eigenvalue weighted by Gasteiger charge is 2.06. The predicted molar refractivity (Wildman–Crippen MR) is 52.0 cm³/mol. The van der Waals surface area contributed by atoms with E-state index in [1.165, 1.54) is 30.3 Å². The summed E-state index contributed by atoms with van der Waals surface area (Å²) in [7, 11) is 0. The van der Waals surface area contributed by atoms with Crippen LogP contribution in [0.5, 0.6) is 11.5 Å². The van der Waals surface area contributed by atoms with Gasteiger partial charge in [-0.25, -0.2) is 4.79 Å². The zero-order chi connectivity index (χ0) is 11.0. The summed E-state index contributed by atoms with van der Waals surface area (Å²) in [5, 5.41) is 30.4. The first kappa shape index (κ1) is 9.33. The Labute approximate surface area is 85.0 Å². The number of carbonyl (C=O) groups is 1. The van der Waals surface area contributed by atoms with Crippen LogP contribution in [0, 0.1) is 0 Å². The van der Waals surface area contributed by atoms with Crippen LogP contribution in [0.4, 0.5) is 0 Å². The fourth-order valence-electron chi connectivity index (χ4n) is 1.46. The van der Waals surface area contributed by atoms with Gasteiger partial charge in [-0.3, -0.25) is 0 Å². The summed E-state index contributed by atoms with van der Waals surface area (Å²) in [5.41, 5.74) is -0.256. The Morgan fingerprint density at radius 3 is 2.60 bits per heavy atom. The molecule has 0 atom stereocenters. The van der Waals surface area contributed by atoms with Crippen LogP contribution < -0.4 is 5.11 Å². The van der Waals surface area contributed by atoms with E-state index in [1.807, 2.05) is 0 Å². The average Bonchev–Trinajstić information content (AvgIpc) is 2.17. The van der Waals surface area contributed by atoms with Gasteiger partial charge in [0.25, 0.3) is 0 Å². The number of aromatic hydroxyl groups is 1. The van der Waals surface area contributed by atoms with Gasteiger partial charge in [0.05, 0.1) is 5.56 Å². The Balaban J connectivity index is 2.80. The van der Waals surface area contributed by atoms with Crippen LogP contribution in [0.15, 0.2) is 30.3 Å². The summed E-state index contributed by atoms with van der Waals surface area (Å²) in [6, 6.07) is 6.93. The van der Waals surface area contributed by atoms with Gasteiger partial charge in [0, 0.05) is 0 Å². The summed E-state index contributed by atoms with van der Waals surface area (Å²) < 4.78 is 0. The smallest absolute Gasteiger partial charge is 0.335 e. The number of phenols is 1. The lowest BCUT2D eigenvalue weighted by Crippen LogP contribution is -2.04. The molecule has 0 saturated heterocycles. The quantitative estimate of drug-likeness (QED) is 0.732. The molecule has 2 N–H and O–H groups in total. The minimum atomic E-state index is -1.24. The molecule has 4 heteroatoms. The Morgan fingerprint density at radius 1 is 1.20 bits per heavy atom. The molecule has 0 saturated carbocycles.